The maximum Gasteiger partial charge on any atom is 0.293 e. The number of nitro groups is 1. The molecule has 0 aromatic heterocycles. The summed E-state index contributed by atoms with van der Waals surface area (Å²) in [5.74, 6) is -0.183. The molecule has 7 nitrogen and oxygen atoms in total. The van der Waals surface area contributed by atoms with Gasteiger partial charge in [-0.1, -0.05) is 12.1 Å². The fraction of sp³-hybridized carbons (Fsp3) is 0.300. The van der Waals surface area contributed by atoms with Crippen LogP contribution in [0.2, 0.25) is 0 Å². The van der Waals surface area contributed by atoms with Gasteiger partial charge in [0, 0.05) is 44.4 Å². The van der Waals surface area contributed by atoms with Gasteiger partial charge in [-0.15, -0.1) is 0 Å². The molecule has 1 aliphatic rings. The largest absolute Gasteiger partial charge is 0.363 e. The van der Waals surface area contributed by atoms with Gasteiger partial charge in [-0.25, -0.2) is 0 Å². The number of Topliss-reactive ketones (excluding diaryl/α,β-unsaturated/α-hetero) is 1. The molecule has 0 amide bonds. The predicted octanol–water partition coefficient (Wildman–Crippen LogP) is 2.99. The number of piperazine rings is 1. The molecule has 2 aromatic carbocycles. The van der Waals surface area contributed by atoms with E-state index in [1.165, 1.54) is 13.0 Å². The summed E-state index contributed by atoms with van der Waals surface area (Å²) in [4.78, 5) is 26.8. The summed E-state index contributed by atoms with van der Waals surface area (Å²) in [6.45, 7) is 5.11. The normalized spacial score (nSPS) is 14.6. The standard InChI is InChI=1S/C20H20N4O3/c1-15(25)18-6-7-19(20(12-18)24(26)27)23-10-8-22(9-11-23)14-17-4-2-16(13-21)3-5-17/h2-7,12H,8-11,14H2,1H3. The lowest BCUT2D eigenvalue weighted by atomic mass is 10.1. The Morgan fingerprint density at radius 2 is 1.81 bits per heavy atom. The molecular formula is C20H20N4O3. The minimum Gasteiger partial charge on any atom is -0.363 e. The van der Waals surface area contributed by atoms with Gasteiger partial charge in [-0.2, -0.15) is 5.26 Å². The molecule has 0 saturated carbocycles. The molecule has 0 bridgehead atoms. The molecule has 7 heteroatoms. The molecule has 1 fully saturated rings. The average molecular weight is 364 g/mol. The van der Waals surface area contributed by atoms with Crippen LogP contribution in [-0.2, 0) is 6.54 Å². The fourth-order valence-corrected chi connectivity index (χ4v) is 3.25. The Balaban J connectivity index is 1.67. The van der Waals surface area contributed by atoms with E-state index < -0.39 is 4.92 Å². The third-order valence-electron chi connectivity index (χ3n) is 4.78. The summed E-state index contributed by atoms with van der Waals surface area (Å²) in [5, 5.41) is 20.3. The maximum absolute atomic E-state index is 11.5. The Hall–Kier alpha value is -3.24. The number of nitriles is 1. The second-order valence-electron chi connectivity index (χ2n) is 6.59. The van der Waals surface area contributed by atoms with Crippen LogP contribution in [0.15, 0.2) is 42.5 Å². The summed E-state index contributed by atoms with van der Waals surface area (Å²) in [6, 6.07) is 14.3. The van der Waals surface area contributed by atoms with Gasteiger partial charge in [0.2, 0.25) is 0 Å². The first kappa shape index (κ1) is 18.5. The first-order chi connectivity index (χ1) is 13.0. The van der Waals surface area contributed by atoms with E-state index in [4.69, 9.17) is 5.26 Å². The topological polar surface area (TPSA) is 90.5 Å². The monoisotopic (exact) mass is 364 g/mol. The van der Waals surface area contributed by atoms with Crippen LogP contribution in [0.1, 0.15) is 28.4 Å². The van der Waals surface area contributed by atoms with E-state index in [9.17, 15) is 14.9 Å². The van der Waals surface area contributed by atoms with Gasteiger partial charge in [-0.05, 0) is 36.8 Å². The van der Waals surface area contributed by atoms with Crippen molar-refractivity contribution in [1.29, 1.82) is 5.26 Å². The molecule has 27 heavy (non-hydrogen) atoms. The molecule has 0 atom stereocenters. The van der Waals surface area contributed by atoms with E-state index in [0.29, 0.717) is 29.9 Å². The summed E-state index contributed by atoms with van der Waals surface area (Å²) < 4.78 is 0. The smallest absolute Gasteiger partial charge is 0.293 e. The Kier molecular flexibility index (Phi) is 5.48. The van der Waals surface area contributed by atoms with Crippen LogP contribution in [0.3, 0.4) is 0 Å². The number of carbonyl (C=O) groups excluding carboxylic acids is 1. The third kappa shape index (κ3) is 4.30. The molecule has 0 N–H and O–H groups in total. The minimum atomic E-state index is -0.426. The van der Waals surface area contributed by atoms with Gasteiger partial charge in [0.25, 0.3) is 5.69 Å². The van der Waals surface area contributed by atoms with E-state index in [1.807, 2.05) is 29.2 Å². The molecule has 138 valence electrons. The zero-order valence-corrected chi connectivity index (χ0v) is 15.1. The van der Waals surface area contributed by atoms with Crippen LogP contribution >= 0.6 is 0 Å². The minimum absolute atomic E-state index is 0.0248. The van der Waals surface area contributed by atoms with Crippen molar-refractivity contribution in [1.82, 2.24) is 4.90 Å². The van der Waals surface area contributed by atoms with E-state index in [0.717, 1.165) is 25.2 Å². The van der Waals surface area contributed by atoms with Crippen LogP contribution < -0.4 is 4.90 Å². The summed E-state index contributed by atoms with van der Waals surface area (Å²) in [7, 11) is 0. The van der Waals surface area contributed by atoms with Crippen molar-refractivity contribution < 1.29 is 9.72 Å². The van der Waals surface area contributed by atoms with E-state index in [1.54, 1.807) is 12.1 Å². The number of ketones is 1. The summed E-state index contributed by atoms with van der Waals surface area (Å²) in [6.07, 6.45) is 0. The van der Waals surface area contributed by atoms with Gasteiger partial charge in [0.15, 0.2) is 5.78 Å². The average Bonchev–Trinajstić information content (AvgIpc) is 2.68. The van der Waals surface area contributed by atoms with E-state index >= 15 is 0 Å². The Labute approximate surface area is 157 Å². The highest BCUT2D eigenvalue weighted by molar-refractivity contribution is 5.95. The molecule has 1 heterocycles. The van der Waals surface area contributed by atoms with Crippen LogP contribution in [-0.4, -0.2) is 41.8 Å². The van der Waals surface area contributed by atoms with Crippen LogP contribution in [0.25, 0.3) is 0 Å². The second kappa shape index (κ2) is 7.98. The lowest BCUT2D eigenvalue weighted by Gasteiger charge is -2.35. The van der Waals surface area contributed by atoms with Gasteiger partial charge in [-0.3, -0.25) is 19.8 Å². The van der Waals surface area contributed by atoms with Gasteiger partial charge < -0.3 is 4.90 Å². The van der Waals surface area contributed by atoms with E-state index in [2.05, 4.69) is 11.0 Å². The fourth-order valence-electron chi connectivity index (χ4n) is 3.25. The van der Waals surface area contributed by atoms with Gasteiger partial charge in [0.05, 0.1) is 16.6 Å². The summed E-state index contributed by atoms with van der Waals surface area (Å²) in [5.41, 5.74) is 2.67. The third-order valence-corrected chi connectivity index (χ3v) is 4.78. The maximum atomic E-state index is 11.5. The quantitative estimate of drug-likeness (QED) is 0.460. The highest BCUT2D eigenvalue weighted by Crippen LogP contribution is 2.30. The molecule has 0 unspecified atom stereocenters. The number of hydrogen-bond acceptors (Lipinski definition) is 6. The number of rotatable bonds is 5. The molecule has 1 aliphatic heterocycles. The van der Waals surface area contributed by atoms with Crippen molar-refractivity contribution in [3.63, 3.8) is 0 Å². The molecule has 0 radical (unpaired) electrons. The lowest BCUT2D eigenvalue weighted by molar-refractivity contribution is -0.384. The van der Waals surface area contributed by atoms with Crippen molar-refractivity contribution in [3.05, 3.63) is 69.3 Å². The zero-order valence-electron chi connectivity index (χ0n) is 15.1. The van der Waals surface area contributed by atoms with Crippen molar-refractivity contribution in [2.45, 2.75) is 13.5 Å². The summed E-state index contributed by atoms with van der Waals surface area (Å²) >= 11 is 0. The second-order valence-corrected chi connectivity index (χ2v) is 6.59. The lowest BCUT2D eigenvalue weighted by Crippen LogP contribution is -2.46. The number of benzene rings is 2. The van der Waals surface area contributed by atoms with E-state index in [-0.39, 0.29) is 11.5 Å². The molecule has 1 saturated heterocycles. The van der Waals surface area contributed by atoms with Crippen molar-refractivity contribution in [2.24, 2.45) is 0 Å². The van der Waals surface area contributed by atoms with Crippen molar-refractivity contribution >= 4 is 17.2 Å². The SMILES string of the molecule is CC(=O)c1ccc(N2CCN(Cc3ccc(C#N)cc3)CC2)c([N+](=O)[O-])c1. The van der Waals surface area contributed by atoms with Crippen LogP contribution in [0, 0.1) is 21.4 Å². The highest BCUT2D eigenvalue weighted by atomic mass is 16.6. The molecule has 0 spiro atoms. The Bertz CT molecular complexity index is 894. The predicted molar refractivity (Wildman–Crippen MR) is 102 cm³/mol. The first-order valence-electron chi connectivity index (χ1n) is 8.73. The number of nitro benzene ring substituents is 1. The molecule has 3 rings (SSSR count). The Morgan fingerprint density at radius 3 is 2.37 bits per heavy atom. The number of anilines is 1. The molecular weight excluding hydrogens is 344 g/mol. The van der Waals surface area contributed by atoms with Crippen LogP contribution in [0.5, 0.6) is 0 Å². The zero-order chi connectivity index (χ0) is 19.4. The molecule has 0 aliphatic carbocycles. The number of nitrogens with zero attached hydrogens (tertiary/aromatic N) is 4. The molecule has 2 aromatic rings. The number of hydrogen-bond donors (Lipinski definition) is 0. The Morgan fingerprint density at radius 1 is 1.15 bits per heavy atom. The van der Waals surface area contributed by atoms with Crippen molar-refractivity contribution in [3.8, 4) is 6.07 Å². The van der Waals surface area contributed by atoms with Crippen LogP contribution in [0.4, 0.5) is 11.4 Å². The van der Waals surface area contributed by atoms with Crippen molar-refractivity contribution in [2.75, 3.05) is 31.1 Å². The number of carbonyl (C=O) groups is 1. The first-order valence-corrected chi connectivity index (χ1v) is 8.73. The van der Waals surface area contributed by atoms with Gasteiger partial charge in [0.1, 0.15) is 5.69 Å². The van der Waals surface area contributed by atoms with Gasteiger partial charge >= 0.3 is 0 Å². The highest BCUT2D eigenvalue weighted by Gasteiger charge is 2.24.